The molecule has 1 amide bonds. The van der Waals surface area contributed by atoms with Crippen LogP contribution >= 0.6 is 24.0 Å². The molecule has 2 saturated heterocycles. The molecule has 156 valence electrons. The van der Waals surface area contributed by atoms with E-state index >= 15 is 0 Å². The Morgan fingerprint density at radius 2 is 2.04 bits per heavy atom. The lowest BCUT2D eigenvalue weighted by molar-refractivity contribution is -0.118. The molecular formula is C21H33IN4O2. The molecule has 0 aliphatic carbocycles. The third-order valence-corrected chi connectivity index (χ3v) is 5.41. The van der Waals surface area contributed by atoms with Gasteiger partial charge < -0.3 is 20.3 Å². The Morgan fingerprint density at radius 1 is 1.29 bits per heavy atom. The summed E-state index contributed by atoms with van der Waals surface area (Å²) in [4.78, 5) is 19.0. The molecule has 2 N–H and O–H groups in total. The van der Waals surface area contributed by atoms with E-state index in [1.165, 1.54) is 6.42 Å². The van der Waals surface area contributed by atoms with Crippen molar-refractivity contribution in [1.82, 2.24) is 10.2 Å². The van der Waals surface area contributed by atoms with E-state index in [0.29, 0.717) is 12.0 Å². The maximum atomic E-state index is 11.8. The minimum absolute atomic E-state index is 0. The predicted molar refractivity (Wildman–Crippen MR) is 124 cm³/mol. The van der Waals surface area contributed by atoms with Gasteiger partial charge in [0, 0.05) is 43.3 Å². The summed E-state index contributed by atoms with van der Waals surface area (Å²) >= 11 is 0. The van der Waals surface area contributed by atoms with Crippen LogP contribution in [-0.2, 0) is 16.1 Å². The Bertz CT molecular complexity index is 669. The third kappa shape index (κ3) is 5.83. The molecule has 7 heteroatoms. The van der Waals surface area contributed by atoms with Crippen molar-refractivity contribution in [3.05, 3.63) is 29.8 Å². The molecule has 1 unspecified atom stereocenters. The number of halogens is 1. The van der Waals surface area contributed by atoms with Crippen molar-refractivity contribution in [2.24, 2.45) is 16.3 Å². The van der Waals surface area contributed by atoms with E-state index in [9.17, 15) is 4.79 Å². The van der Waals surface area contributed by atoms with Crippen LogP contribution in [0.25, 0.3) is 0 Å². The number of nitrogens with zero attached hydrogens (tertiary/aromatic N) is 2. The van der Waals surface area contributed by atoms with Crippen LogP contribution in [0.15, 0.2) is 29.3 Å². The Kier molecular flexibility index (Phi) is 8.55. The summed E-state index contributed by atoms with van der Waals surface area (Å²) < 4.78 is 5.64. The van der Waals surface area contributed by atoms with Crippen molar-refractivity contribution in [1.29, 1.82) is 0 Å². The molecule has 1 spiro atoms. The largest absolute Gasteiger partial charge is 0.381 e. The molecule has 0 bridgehead atoms. The highest BCUT2D eigenvalue weighted by molar-refractivity contribution is 14.0. The SMILES string of the molecule is CCNC(=NCc1ccc(NC(=O)C(C)C)cc1)N1CCC2(CCOC2)C1.I. The number of carbonyl (C=O) groups is 1. The zero-order valence-electron chi connectivity index (χ0n) is 17.2. The van der Waals surface area contributed by atoms with Gasteiger partial charge in [-0.3, -0.25) is 4.79 Å². The number of hydrogen-bond donors (Lipinski definition) is 2. The van der Waals surface area contributed by atoms with E-state index in [-0.39, 0.29) is 35.8 Å². The summed E-state index contributed by atoms with van der Waals surface area (Å²) in [6, 6.07) is 7.94. The fourth-order valence-corrected chi connectivity index (χ4v) is 3.66. The molecule has 0 saturated carbocycles. The number of amides is 1. The minimum Gasteiger partial charge on any atom is -0.381 e. The number of ether oxygens (including phenoxy) is 1. The van der Waals surface area contributed by atoms with E-state index in [1.807, 2.05) is 38.1 Å². The number of anilines is 1. The zero-order chi connectivity index (χ0) is 19.3. The Morgan fingerprint density at radius 3 is 2.64 bits per heavy atom. The van der Waals surface area contributed by atoms with E-state index in [0.717, 1.165) is 56.5 Å². The number of likely N-dealkylation sites (tertiary alicyclic amines) is 1. The topological polar surface area (TPSA) is 66.0 Å². The average molecular weight is 500 g/mol. The predicted octanol–water partition coefficient (Wildman–Crippen LogP) is 3.48. The second-order valence-electron chi connectivity index (χ2n) is 7.99. The molecule has 6 nitrogen and oxygen atoms in total. The van der Waals surface area contributed by atoms with Gasteiger partial charge in [-0.1, -0.05) is 26.0 Å². The van der Waals surface area contributed by atoms with Crippen molar-refractivity contribution < 1.29 is 9.53 Å². The lowest BCUT2D eigenvalue weighted by atomic mass is 9.87. The summed E-state index contributed by atoms with van der Waals surface area (Å²) in [7, 11) is 0. The van der Waals surface area contributed by atoms with Crippen LogP contribution in [-0.4, -0.2) is 49.6 Å². The summed E-state index contributed by atoms with van der Waals surface area (Å²) in [6.45, 7) is 11.2. The molecule has 28 heavy (non-hydrogen) atoms. The van der Waals surface area contributed by atoms with E-state index in [2.05, 4.69) is 22.5 Å². The Hall–Kier alpha value is -1.35. The van der Waals surface area contributed by atoms with Gasteiger partial charge in [0.05, 0.1) is 13.2 Å². The molecule has 1 atom stereocenters. The van der Waals surface area contributed by atoms with Crippen molar-refractivity contribution in [2.45, 2.75) is 40.2 Å². The van der Waals surface area contributed by atoms with Crippen LogP contribution in [0.2, 0.25) is 0 Å². The molecule has 0 radical (unpaired) electrons. The number of rotatable bonds is 5. The van der Waals surface area contributed by atoms with E-state index in [4.69, 9.17) is 9.73 Å². The average Bonchev–Trinajstić information content (AvgIpc) is 3.30. The molecule has 1 aromatic carbocycles. The highest BCUT2D eigenvalue weighted by atomic mass is 127. The first-order valence-corrected chi connectivity index (χ1v) is 10.0. The second-order valence-corrected chi connectivity index (χ2v) is 7.99. The molecule has 2 heterocycles. The Labute approximate surface area is 185 Å². The van der Waals surface area contributed by atoms with Crippen LogP contribution in [0.4, 0.5) is 5.69 Å². The smallest absolute Gasteiger partial charge is 0.226 e. The monoisotopic (exact) mass is 500 g/mol. The van der Waals surface area contributed by atoms with Gasteiger partial charge in [0.1, 0.15) is 0 Å². The van der Waals surface area contributed by atoms with Crippen molar-refractivity contribution >= 4 is 41.5 Å². The first kappa shape index (κ1) is 22.9. The molecular weight excluding hydrogens is 467 g/mol. The minimum atomic E-state index is -0.0222. The summed E-state index contributed by atoms with van der Waals surface area (Å²) in [6.07, 6.45) is 2.34. The quantitative estimate of drug-likeness (QED) is 0.369. The number of carbonyl (C=O) groups excluding carboxylic acids is 1. The summed E-state index contributed by atoms with van der Waals surface area (Å²) in [5.41, 5.74) is 2.29. The maximum absolute atomic E-state index is 11.8. The van der Waals surface area contributed by atoms with Crippen LogP contribution < -0.4 is 10.6 Å². The van der Waals surface area contributed by atoms with Gasteiger partial charge in [0.15, 0.2) is 5.96 Å². The number of guanidine groups is 1. The highest BCUT2D eigenvalue weighted by Gasteiger charge is 2.42. The highest BCUT2D eigenvalue weighted by Crippen LogP contribution is 2.38. The third-order valence-electron chi connectivity index (χ3n) is 5.41. The zero-order valence-corrected chi connectivity index (χ0v) is 19.5. The van der Waals surface area contributed by atoms with Gasteiger partial charge in [-0.05, 0) is 37.5 Å². The molecule has 1 aromatic rings. The van der Waals surface area contributed by atoms with Crippen LogP contribution in [0.1, 0.15) is 39.2 Å². The number of hydrogen-bond acceptors (Lipinski definition) is 3. The van der Waals surface area contributed by atoms with Gasteiger partial charge in [0.2, 0.25) is 5.91 Å². The number of nitrogens with one attached hydrogen (secondary N) is 2. The molecule has 2 aliphatic heterocycles. The van der Waals surface area contributed by atoms with Gasteiger partial charge >= 0.3 is 0 Å². The second kappa shape index (κ2) is 10.4. The molecule has 2 fully saturated rings. The van der Waals surface area contributed by atoms with Gasteiger partial charge in [-0.15, -0.1) is 24.0 Å². The van der Waals surface area contributed by atoms with Crippen LogP contribution in [0.5, 0.6) is 0 Å². The summed E-state index contributed by atoms with van der Waals surface area (Å²) in [5, 5.41) is 6.35. The molecule has 3 rings (SSSR count). The molecule has 0 aromatic heterocycles. The van der Waals surface area contributed by atoms with Crippen molar-refractivity contribution in [2.75, 3.05) is 38.2 Å². The van der Waals surface area contributed by atoms with E-state index < -0.39 is 0 Å². The van der Waals surface area contributed by atoms with Gasteiger partial charge in [-0.2, -0.15) is 0 Å². The number of aliphatic imine (C=N–C) groups is 1. The lowest BCUT2D eigenvalue weighted by Crippen LogP contribution is -2.41. The number of benzene rings is 1. The van der Waals surface area contributed by atoms with Gasteiger partial charge in [-0.25, -0.2) is 4.99 Å². The standard InChI is InChI=1S/C21H32N4O2.HI/c1-4-22-20(25-11-9-21(14-25)10-12-27-15-21)23-13-17-5-7-18(8-6-17)24-19(26)16(2)3;/h5-8,16H,4,9-15H2,1-3H3,(H,22,23)(H,24,26);1H. The normalized spacial score (nSPS) is 21.9. The van der Waals surface area contributed by atoms with Crippen LogP contribution in [0, 0.1) is 11.3 Å². The Balaban J connectivity index is 0.00000280. The fraction of sp³-hybridized carbons (Fsp3) is 0.619. The first-order chi connectivity index (χ1) is 13.0. The first-order valence-electron chi connectivity index (χ1n) is 10.0. The van der Waals surface area contributed by atoms with Crippen molar-refractivity contribution in [3.63, 3.8) is 0 Å². The van der Waals surface area contributed by atoms with E-state index in [1.54, 1.807) is 0 Å². The van der Waals surface area contributed by atoms with Crippen LogP contribution in [0.3, 0.4) is 0 Å². The summed E-state index contributed by atoms with van der Waals surface area (Å²) in [5.74, 6) is 0.999. The van der Waals surface area contributed by atoms with Gasteiger partial charge in [0.25, 0.3) is 0 Å². The van der Waals surface area contributed by atoms with Crippen molar-refractivity contribution in [3.8, 4) is 0 Å². The fourth-order valence-electron chi connectivity index (χ4n) is 3.66. The lowest BCUT2D eigenvalue weighted by Gasteiger charge is -2.25. The maximum Gasteiger partial charge on any atom is 0.226 e. The molecule has 2 aliphatic rings.